The van der Waals surface area contributed by atoms with E-state index in [0.717, 1.165) is 6.42 Å². The molecule has 3 N–H and O–H groups in total. The maximum absolute atomic E-state index is 12.8. The zero-order valence-electron chi connectivity index (χ0n) is 14.3. The highest BCUT2D eigenvalue weighted by molar-refractivity contribution is 5.99. The fraction of sp³-hybridized carbons (Fsp3) is 0.263. The Hall–Kier alpha value is -2.57. The van der Waals surface area contributed by atoms with Crippen LogP contribution in [-0.4, -0.2) is 43.0 Å². The predicted octanol–water partition coefficient (Wildman–Crippen LogP) is 2.08. The zero-order valence-corrected chi connectivity index (χ0v) is 15.1. The number of carbonyl (C=O) groups is 2. The highest BCUT2D eigenvalue weighted by atomic mass is 35.5. The Balaban J connectivity index is 0.00000243. The van der Waals surface area contributed by atoms with Gasteiger partial charge in [0.25, 0.3) is 11.8 Å². The van der Waals surface area contributed by atoms with E-state index in [-0.39, 0.29) is 30.8 Å². The van der Waals surface area contributed by atoms with Crippen molar-refractivity contribution in [2.24, 2.45) is 5.73 Å². The van der Waals surface area contributed by atoms with Crippen LogP contribution in [0.15, 0.2) is 48.5 Å². The van der Waals surface area contributed by atoms with Gasteiger partial charge in [0.05, 0.1) is 5.69 Å². The lowest BCUT2D eigenvalue weighted by Crippen LogP contribution is -2.37. The van der Waals surface area contributed by atoms with E-state index in [1.165, 1.54) is 5.56 Å². The molecule has 0 fully saturated rings. The number of nitrogens with two attached hydrogens (primary N) is 1. The molecule has 0 spiro atoms. The SMILES string of the molecule is Cl.NCCN(CCc1ccccc1)C(=O)c1ccc2c(c1)OCC(=O)N2. The summed E-state index contributed by atoms with van der Waals surface area (Å²) in [7, 11) is 0. The number of hydrogen-bond acceptors (Lipinski definition) is 4. The number of nitrogens with one attached hydrogen (secondary N) is 1. The summed E-state index contributed by atoms with van der Waals surface area (Å²) < 4.78 is 5.39. The number of hydrogen-bond donors (Lipinski definition) is 2. The Morgan fingerprint density at radius 3 is 2.65 bits per heavy atom. The van der Waals surface area contributed by atoms with Crippen LogP contribution in [0.5, 0.6) is 5.75 Å². The largest absolute Gasteiger partial charge is 0.482 e. The number of halogens is 1. The quantitative estimate of drug-likeness (QED) is 0.809. The molecule has 6 nitrogen and oxygen atoms in total. The monoisotopic (exact) mass is 375 g/mol. The molecule has 0 saturated carbocycles. The van der Waals surface area contributed by atoms with Gasteiger partial charge in [-0.2, -0.15) is 0 Å². The van der Waals surface area contributed by atoms with E-state index < -0.39 is 0 Å². The van der Waals surface area contributed by atoms with Gasteiger partial charge in [-0.3, -0.25) is 9.59 Å². The fourth-order valence-corrected chi connectivity index (χ4v) is 2.77. The van der Waals surface area contributed by atoms with E-state index in [2.05, 4.69) is 5.32 Å². The van der Waals surface area contributed by atoms with Crippen LogP contribution >= 0.6 is 12.4 Å². The van der Waals surface area contributed by atoms with Crippen molar-refractivity contribution < 1.29 is 14.3 Å². The summed E-state index contributed by atoms with van der Waals surface area (Å²) in [5.74, 6) is 0.227. The van der Waals surface area contributed by atoms with Gasteiger partial charge in [0.1, 0.15) is 5.75 Å². The molecule has 2 aromatic rings. The Labute approximate surface area is 158 Å². The summed E-state index contributed by atoms with van der Waals surface area (Å²) in [4.78, 5) is 25.9. The molecule has 0 aromatic heterocycles. The fourth-order valence-electron chi connectivity index (χ4n) is 2.77. The standard InChI is InChI=1S/C19H21N3O3.ClH/c20-9-11-22(10-8-14-4-2-1-3-5-14)19(24)15-6-7-16-17(12-15)25-13-18(23)21-16;/h1-7,12H,8-11,13,20H2,(H,21,23);1H. The van der Waals surface area contributed by atoms with Gasteiger partial charge >= 0.3 is 0 Å². The lowest BCUT2D eigenvalue weighted by Gasteiger charge is -2.23. The van der Waals surface area contributed by atoms with Crippen LogP contribution in [0.3, 0.4) is 0 Å². The molecule has 1 aliphatic rings. The van der Waals surface area contributed by atoms with Crippen LogP contribution in [0.25, 0.3) is 0 Å². The maximum Gasteiger partial charge on any atom is 0.262 e. The molecule has 0 radical (unpaired) electrons. The number of amides is 2. The summed E-state index contributed by atoms with van der Waals surface area (Å²) in [5.41, 5.74) is 7.96. The highest BCUT2D eigenvalue weighted by Gasteiger charge is 2.20. The molecule has 2 amide bonds. The van der Waals surface area contributed by atoms with E-state index in [1.807, 2.05) is 30.3 Å². The molecule has 1 aliphatic heterocycles. The second-order valence-corrected chi connectivity index (χ2v) is 5.86. The molecule has 2 aromatic carbocycles. The van der Waals surface area contributed by atoms with Crippen molar-refractivity contribution in [2.75, 3.05) is 31.6 Å². The van der Waals surface area contributed by atoms with E-state index >= 15 is 0 Å². The lowest BCUT2D eigenvalue weighted by molar-refractivity contribution is -0.118. The molecule has 0 atom stereocenters. The Bertz CT molecular complexity index is 768. The number of rotatable bonds is 6. The summed E-state index contributed by atoms with van der Waals surface area (Å²) in [5, 5.41) is 2.72. The van der Waals surface area contributed by atoms with Gasteiger partial charge in [-0.25, -0.2) is 0 Å². The van der Waals surface area contributed by atoms with Crippen LogP contribution in [0, 0.1) is 0 Å². The molecular weight excluding hydrogens is 354 g/mol. The molecule has 1 heterocycles. The predicted molar refractivity (Wildman–Crippen MR) is 103 cm³/mol. The second-order valence-electron chi connectivity index (χ2n) is 5.86. The van der Waals surface area contributed by atoms with Crippen molar-refractivity contribution in [3.63, 3.8) is 0 Å². The van der Waals surface area contributed by atoms with Crippen molar-refractivity contribution in [1.29, 1.82) is 0 Å². The lowest BCUT2D eigenvalue weighted by atomic mass is 10.1. The van der Waals surface area contributed by atoms with Crippen LogP contribution in [0.1, 0.15) is 15.9 Å². The molecule has 7 heteroatoms. The number of benzene rings is 2. The van der Waals surface area contributed by atoms with Gasteiger partial charge in [-0.15, -0.1) is 12.4 Å². The first kappa shape index (κ1) is 19.8. The van der Waals surface area contributed by atoms with Gasteiger partial charge in [0, 0.05) is 25.2 Å². The van der Waals surface area contributed by atoms with Crippen molar-refractivity contribution >= 4 is 29.9 Å². The number of fused-ring (bicyclic) bond motifs is 1. The van der Waals surface area contributed by atoms with Gasteiger partial charge in [-0.05, 0) is 30.2 Å². The van der Waals surface area contributed by atoms with Crippen LogP contribution in [0.2, 0.25) is 0 Å². The minimum atomic E-state index is -0.195. The summed E-state index contributed by atoms with van der Waals surface area (Å²) in [6, 6.07) is 15.1. The first-order chi connectivity index (χ1) is 12.2. The Kier molecular flexibility index (Phi) is 7.00. The highest BCUT2D eigenvalue weighted by Crippen LogP contribution is 2.29. The third-order valence-electron chi connectivity index (χ3n) is 4.06. The van der Waals surface area contributed by atoms with Crippen LogP contribution in [-0.2, 0) is 11.2 Å². The third kappa shape index (κ3) is 4.74. The number of anilines is 1. The summed E-state index contributed by atoms with van der Waals surface area (Å²) in [6.45, 7) is 1.44. The average molecular weight is 376 g/mol. The van der Waals surface area contributed by atoms with Gasteiger partial charge in [0.15, 0.2) is 6.61 Å². The topological polar surface area (TPSA) is 84.7 Å². The minimum Gasteiger partial charge on any atom is -0.482 e. The maximum atomic E-state index is 12.8. The summed E-state index contributed by atoms with van der Waals surface area (Å²) >= 11 is 0. The van der Waals surface area contributed by atoms with E-state index in [4.69, 9.17) is 10.5 Å². The molecule has 0 bridgehead atoms. The molecular formula is C19H22ClN3O3. The van der Waals surface area contributed by atoms with Gasteiger partial charge in [-0.1, -0.05) is 30.3 Å². The van der Waals surface area contributed by atoms with Crippen molar-refractivity contribution in [1.82, 2.24) is 4.90 Å². The first-order valence-electron chi connectivity index (χ1n) is 8.27. The molecule has 0 unspecified atom stereocenters. The molecule has 26 heavy (non-hydrogen) atoms. The van der Waals surface area contributed by atoms with Gasteiger partial charge < -0.3 is 20.7 Å². The van der Waals surface area contributed by atoms with Gasteiger partial charge in [0.2, 0.25) is 0 Å². The van der Waals surface area contributed by atoms with E-state index in [0.29, 0.717) is 36.6 Å². The smallest absolute Gasteiger partial charge is 0.262 e. The Morgan fingerprint density at radius 2 is 1.92 bits per heavy atom. The molecule has 0 saturated heterocycles. The zero-order chi connectivity index (χ0) is 17.6. The molecule has 3 rings (SSSR count). The van der Waals surface area contributed by atoms with E-state index in [9.17, 15) is 9.59 Å². The number of carbonyl (C=O) groups excluding carboxylic acids is 2. The molecule has 138 valence electrons. The molecule has 0 aliphatic carbocycles. The van der Waals surface area contributed by atoms with Crippen LogP contribution in [0.4, 0.5) is 5.69 Å². The van der Waals surface area contributed by atoms with Crippen LogP contribution < -0.4 is 15.8 Å². The third-order valence-corrected chi connectivity index (χ3v) is 4.06. The first-order valence-corrected chi connectivity index (χ1v) is 8.27. The summed E-state index contributed by atoms with van der Waals surface area (Å²) in [6.07, 6.45) is 0.768. The minimum absolute atomic E-state index is 0. The number of nitrogens with zero attached hydrogens (tertiary/aromatic N) is 1. The second kappa shape index (κ2) is 9.22. The van der Waals surface area contributed by atoms with Crippen molar-refractivity contribution in [3.05, 3.63) is 59.7 Å². The van der Waals surface area contributed by atoms with Crippen molar-refractivity contribution in [3.8, 4) is 5.75 Å². The van der Waals surface area contributed by atoms with E-state index in [1.54, 1.807) is 23.1 Å². The average Bonchev–Trinajstić information content (AvgIpc) is 2.65. The normalized spacial score (nSPS) is 12.3. The number of ether oxygens (including phenoxy) is 1. The van der Waals surface area contributed by atoms with Crippen molar-refractivity contribution in [2.45, 2.75) is 6.42 Å². The Morgan fingerprint density at radius 1 is 1.15 bits per heavy atom.